The minimum absolute atomic E-state index is 0. The Morgan fingerprint density at radius 1 is 0.603 bits per heavy atom. The molecule has 0 aromatic heterocycles. The van der Waals surface area contributed by atoms with E-state index < -0.39 is 48.1 Å². The quantitative estimate of drug-likeness (QED) is 0.0954. The van der Waals surface area contributed by atoms with Crippen LogP contribution < -0.4 is 31.9 Å². The van der Waals surface area contributed by atoms with Gasteiger partial charge in [-0.05, 0) is 126 Å². The zero-order valence-electron chi connectivity index (χ0n) is 39.5. The minimum atomic E-state index is -1.05. The maximum atomic E-state index is 14.0. The molecule has 2 aliphatic carbocycles. The zero-order valence-corrected chi connectivity index (χ0v) is 41.2. The van der Waals surface area contributed by atoms with Crippen molar-refractivity contribution in [2.75, 3.05) is 53.6 Å². The number of likely N-dealkylation sites (N-methyl/N-ethyl adjacent to an activating group) is 2. The lowest BCUT2D eigenvalue weighted by molar-refractivity contribution is -0.143. The predicted octanol–water partition coefficient (Wildman–Crippen LogP) is 2.43. The number of carbonyl (C=O) groups excluding carboxylic acids is 6. The Balaban J connectivity index is 0.00000504. The number of halogens is 2. The van der Waals surface area contributed by atoms with Crippen LogP contribution in [0.1, 0.15) is 99.6 Å². The third-order valence-corrected chi connectivity index (χ3v) is 13.1. The van der Waals surface area contributed by atoms with Crippen molar-refractivity contribution in [3.63, 3.8) is 0 Å². The van der Waals surface area contributed by atoms with Crippen LogP contribution in [0.5, 0.6) is 0 Å². The topological polar surface area (TPSA) is 200 Å². The Hall–Kier alpha value is -5.20. The lowest BCUT2D eigenvalue weighted by Crippen LogP contribution is -2.57. The maximum absolute atomic E-state index is 14.0. The highest BCUT2D eigenvalue weighted by molar-refractivity contribution is 5.95. The average molecular weight is 980 g/mol. The third-order valence-electron chi connectivity index (χ3n) is 13.1. The molecular weight excluding hydrogens is 912 g/mol. The Bertz CT molecular complexity index is 2040. The molecule has 2 heterocycles. The van der Waals surface area contributed by atoms with Crippen LogP contribution in [0, 0.1) is 23.7 Å². The van der Waals surface area contributed by atoms with E-state index in [-0.39, 0.29) is 87.0 Å². The molecule has 2 unspecified atom stereocenters. The number of carbonyl (C=O) groups is 6. The first-order valence-corrected chi connectivity index (χ1v) is 23.4. The number of hydrogen-bond acceptors (Lipinski definition) is 10. The zero-order chi connectivity index (χ0) is 47.0. The average Bonchev–Trinajstić information content (AvgIpc) is 4.05. The molecule has 2 fully saturated rings. The van der Waals surface area contributed by atoms with Crippen molar-refractivity contribution in [2.24, 2.45) is 0 Å². The number of fused-ring (bicyclic) bond motifs is 2. The molecule has 16 nitrogen and oxygen atoms in total. The first kappa shape index (κ1) is 55.4. The van der Waals surface area contributed by atoms with Gasteiger partial charge in [0.15, 0.2) is 0 Å². The second-order valence-electron chi connectivity index (χ2n) is 17.5. The molecule has 6 N–H and O–H groups in total. The summed E-state index contributed by atoms with van der Waals surface area (Å²) < 4.78 is 11.5. The van der Waals surface area contributed by atoms with Gasteiger partial charge in [0.05, 0.1) is 37.4 Å². The number of nitrogens with zero attached hydrogens (tertiary/aromatic N) is 2. The summed E-state index contributed by atoms with van der Waals surface area (Å²) in [7, 11) is 3.29. The fourth-order valence-electron chi connectivity index (χ4n) is 9.17. The number of aryl methyl sites for hydroxylation is 2. The minimum Gasteiger partial charge on any atom is -0.366 e. The third kappa shape index (κ3) is 14.7. The van der Waals surface area contributed by atoms with Crippen molar-refractivity contribution in [1.82, 2.24) is 41.7 Å². The van der Waals surface area contributed by atoms with Gasteiger partial charge in [-0.15, -0.1) is 24.8 Å². The second kappa shape index (κ2) is 27.7. The molecule has 0 bridgehead atoms. The van der Waals surface area contributed by atoms with Gasteiger partial charge in [-0.3, -0.25) is 28.8 Å². The number of ether oxygens (including phenoxy) is 2. The molecule has 18 heteroatoms. The largest absolute Gasteiger partial charge is 0.366 e. The van der Waals surface area contributed by atoms with Crippen molar-refractivity contribution in [3.05, 3.63) is 70.8 Å². The van der Waals surface area contributed by atoms with Crippen LogP contribution in [0.2, 0.25) is 0 Å². The van der Waals surface area contributed by atoms with Crippen LogP contribution in [0.3, 0.4) is 0 Å². The van der Waals surface area contributed by atoms with Gasteiger partial charge < -0.3 is 51.2 Å². The SMILES string of the molecule is CN[C@@H](C)C(=O)N[C@@H](COCC#CC#CCOC[C@H](NC(=O)[C@H](C)NC)C(=O)N1CCCC1C(=O)N[C@@H]1CCCc2ccccc21)C(=O)N1CCCC1C(=O)N[C@@H]1CCCc2ccccc21.Cl.Cl. The standard InChI is InChI=1S/C50H66N8O8.2ClH/c1-33(51-3)45(59)55-41(49(63)57-27-15-25-43(57)47(61)53-39-23-13-19-35-17-7-9-21-37(35)39)31-65-29-11-5-6-12-30-66-32-42(56-46(60)34(2)52-4)50(64)58-28-16-26-44(58)48(62)54-40-24-14-20-36-18-8-10-22-38(36)40;;/h7-10,17-18,21-22,33-34,39-44,51-52H,13-16,19-20,23-32H2,1-4H3,(H,53,61)(H,54,62)(H,55,59)(H,56,60);2*1H/t33-,34-,39+,40+,41-,42-,43?,44?;;/m0../s1. The maximum Gasteiger partial charge on any atom is 0.248 e. The van der Waals surface area contributed by atoms with E-state index in [1.54, 1.807) is 37.7 Å². The summed E-state index contributed by atoms with van der Waals surface area (Å²) in [6, 6.07) is 11.4. The molecule has 370 valence electrons. The summed E-state index contributed by atoms with van der Waals surface area (Å²) in [5.74, 6) is 8.96. The van der Waals surface area contributed by atoms with Crippen LogP contribution in [0.4, 0.5) is 0 Å². The predicted molar refractivity (Wildman–Crippen MR) is 263 cm³/mol. The van der Waals surface area contributed by atoms with Crippen molar-refractivity contribution in [3.8, 4) is 23.7 Å². The molecular formula is C50H68Cl2N8O8. The molecule has 6 rings (SSSR count). The van der Waals surface area contributed by atoms with Crippen molar-refractivity contribution < 1.29 is 38.2 Å². The summed E-state index contributed by atoms with van der Waals surface area (Å²) in [5, 5.41) is 17.7. The number of rotatable bonds is 18. The summed E-state index contributed by atoms with van der Waals surface area (Å²) in [6.07, 6.45) is 7.87. The molecule has 8 atom stereocenters. The van der Waals surface area contributed by atoms with E-state index >= 15 is 0 Å². The van der Waals surface area contributed by atoms with Gasteiger partial charge >= 0.3 is 0 Å². The van der Waals surface area contributed by atoms with Gasteiger partial charge in [0.1, 0.15) is 37.4 Å². The number of amides is 6. The fourth-order valence-corrected chi connectivity index (χ4v) is 9.17. The van der Waals surface area contributed by atoms with Crippen LogP contribution >= 0.6 is 24.8 Å². The molecule has 0 spiro atoms. The van der Waals surface area contributed by atoms with Gasteiger partial charge in [0, 0.05) is 13.1 Å². The molecule has 4 aliphatic rings. The van der Waals surface area contributed by atoms with Crippen molar-refractivity contribution in [1.29, 1.82) is 0 Å². The van der Waals surface area contributed by atoms with Gasteiger partial charge in [-0.1, -0.05) is 60.4 Å². The van der Waals surface area contributed by atoms with Crippen LogP contribution in [-0.2, 0) is 51.1 Å². The number of nitrogens with one attached hydrogen (secondary N) is 6. The van der Waals surface area contributed by atoms with Crippen LogP contribution in [-0.4, -0.2) is 135 Å². The number of benzene rings is 2. The second-order valence-corrected chi connectivity index (χ2v) is 17.5. The Morgan fingerprint density at radius 3 is 1.40 bits per heavy atom. The lowest BCUT2D eigenvalue weighted by Gasteiger charge is -2.31. The monoisotopic (exact) mass is 978 g/mol. The molecule has 2 aromatic carbocycles. The summed E-state index contributed by atoms with van der Waals surface area (Å²) in [5.41, 5.74) is 4.68. The molecule has 2 aromatic rings. The van der Waals surface area contributed by atoms with E-state index in [0.717, 1.165) is 49.7 Å². The first-order chi connectivity index (χ1) is 32.0. The normalized spacial score (nSPS) is 20.9. The van der Waals surface area contributed by atoms with E-state index in [1.807, 2.05) is 36.4 Å². The fraction of sp³-hybridized carbons (Fsp3) is 0.560. The van der Waals surface area contributed by atoms with Crippen LogP contribution in [0.25, 0.3) is 0 Å². The Morgan fingerprint density at radius 2 is 1.00 bits per heavy atom. The van der Waals surface area contributed by atoms with E-state index in [9.17, 15) is 28.8 Å². The van der Waals surface area contributed by atoms with Gasteiger partial charge in [0.2, 0.25) is 35.4 Å². The molecule has 2 aliphatic heterocycles. The van der Waals surface area contributed by atoms with Crippen molar-refractivity contribution >= 4 is 60.3 Å². The molecule has 68 heavy (non-hydrogen) atoms. The summed E-state index contributed by atoms with van der Waals surface area (Å²) in [4.78, 5) is 84.3. The van der Waals surface area contributed by atoms with E-state index in [0.29, 0.717) is 38.8 Å². The number of hydrogen-bond donors (Lipinski definition) is 6. The van der Waals surface area contributed by atoms with Gasteiger partial charge in [0.25, 0.3) is 0 Å². The molecule has 0 saturated carbocycles. The molecule has 2 saturated heterocycles. The van der Waals surface area contributed by atoms with E-state index in [2.05, 4.69) is 67.7 Å². The summed E-state index contributed by atoms with van der Waals surface area (Å²) in [6.45, 7) is 3.60. The Labute approximate surface area is 413 Å². The summed E-state index contributed by atoms with van der Waals surface area (Å²) >= 11 is 0. The van der Waals surface area contributed by atoms with Gasteiger partial charge in [-0.2, -0.15) is 0 Å². The van der Waals surface area contributed by atoms with E-state index in [4.69, 9.17) is 9.47 Å². The van der Waals surface area contributed by atoms with E-state index in [1.165, 1.54) is 11.1 Å². The highest BCUT2D eigenvalue weighted by atomic mass is 35.5. The lowest BCUT2D eigenvalue weighted by atomic mass is 9.87. The smallest absolute Gasteiger partial charge is 0.248 e. The Kier molecular flexibility index (Phi) is 22.6. The highest BCUT2D eigenvalue weighted by Crippen LogP contribution is 2.32. The number of likely N-dealkylation sites (tertiary alicyclic amines) is 2. The van der Waals surface area contributed by atoms with Gasteiger partial charge in [-0.25, -0.2) is 0 Å². The molecule has 0 radical (unpaired) electrons. The highest BCUT2D eigenvalue weighted by Gasteiger charge is 2.41. The van der Waals surface area contributed by atoms with Crippen molar-refractivity contribution in [2.45, 2.75) is 126 Å². The first-order valence-electron chi connectivity index (χ1n) is 23.4. The van der Waals surface area contributed by atoms with Crippen LogP contribution in [0.15, 0.2) is 48.5 Å². The molecule has 6 amide bonds.